The second kappa shape index (κ2) is 4.14. The van der Waals surface area contributed by atoms with Gasteiger partial charge in [-0.15, -0.1) is 4.80 Å². The Hall–Kier alpha value is -1.82. The summed E-state index contributed by atoms with van der Waals surface area (Å²) in [5, 5.41) is 7.79. The van der Waals surface area contributed by atoms with E-state index in [1.807, 2.05) is 0 Å². The van der Waals surface area contributed by atoms with Gasteiger partial charge in [-0.2, -0.15) is 10.2 Å². The van der Waals surface area contributed by atoms with E-state index in [1.54, 1.807) is 6.07 Å². The lowest BCUT2D eigenvalue weighted by atomic mass is 10.2. The molecule has 0 aliphatic heterocycles. The number of pyridine rings is 1. The summed E-state index contributed by atoms with van der Waals surface area (Å²) in [6.07, 6.45) is 4.19. The molecule has 2 rings (SSSR count). The number of ether oxygens (including phenoxy) is 1. The van der Waals surface area contributed by atoms with Crippen molar-refractivity contribution in [1.82, 2.24) is 20.0 Å². The van der Waals surface area contributed by atoms with E-state index >= 15 is 0 Å². The second-order valence-corrected chi connectivity index (χ2v) is 2.89. The van der Waals surface area contributed by atoms with E-state index in [9.17, 15) is 4.39 Å². The Morgan fingerprint density at radius 2 is 2.13 bits per heavy atom. The van der Waals surface area contributed by atoms with Crippen LogP contribution in [0.1, 0.15) is 5.56 Å². The van der Waals surface area contributed by atoms with Crippen LogP contribution >= 0.6 is 0 Å². The van der Waals surface area contributed by atoms with Crippen molar-refractivity contribution in [2.24, 2.45) is 0 Å². The fraction of sp³-hybridized carbons (Fsp3) is 0.222. The molecule has 5 nitrogen and oxygen atoms in total. The van der Waals surface area contributed by atoms with Gasteiger partial charge >= 0.3 is 0 Å². The van der Waals surface area contributed by atoms with Gasteiger partial charge in [0.05, 0.1) is 25.2 Å². The van der Waals surface area contributed by atoms with E-state index in [4.69, 9.17) is 4.74 Å². The average molecular weight is 208 g/mol. The maximum atomic E-state index is 13.2. The van der Waals surface area contributed by atoms with Gasteiger partial charge in [-0.25, -0.2) is 9.37 Å². The normalized spacial score (nSPS) is 10.5. The van der Waals surface area contributed by atoms with Crippen LogP contribution in [0.2, 0.25) is 0 Å². The molecule has 0 fully saturated rings. The highest BCUT2D eigenvalue weighted by atomic mass is 19.1. The van der Waals surface area contributed by atoms with Gasteiger partial charge < -0.3 is 4.74 Å². The minimum atomic E-state index is -0.396. The summed E-state index contributed by atoms with van der Waals surface area (Å²) >= 11 is 0. The van der Waals surface area contributed by atoms with Gasteiger partial charge in [0.1, 0.15) is 5.82 Å². The summed E-state index contributed by atoms with van der Waals surface area (Å²) < 4.78 is 18.1. The molecule has 2 aromatic heterocycles. The van der Waals surface area contributed by atoms with Crippen LogP contribution in [0.4, 0.5) is 4.39 Å². The summed E-state index contributed by atoms with van der Waals surface area (Å²) in [5.74, 6) is 0.0706. The Kier molecular flexibility index (Phi) is 2.68. The minimum Gasteiger partial charge on any atom is -0.380 e. The Labute approximate surface area is 85.5 Å². The van der Waals surface area contributed by atoms with E-state index in [1.165, 1.54) is 24.3 Å². The third-order valence-electron chi connectivity index (χ3n) is 1.84. The monoisotopic (exact) mass is 208 g/mol. The number of aromatic nitrogens is 4. The largest absolute Gasteiger partial charge is 0.380 e. The van der Waals surface area contributed by atoms with Crippen LogP contribution in [0.5, 0.6) is 0 Å². The Bertz CT molecular complexity index is 443. The average Bonchev–Trinajstić information content (AvgIpc) is 2.75. The van der Waals surface area contributed by atoms with Gasteiger partial charge in [0.25, 0.3) is 0 Å². The standard InChI is InChI=1S/C9H9FN4O/c1-15-6-7-4-9(11-5-8(7)10)14-12-2-3-13-14/h2-5H,6H2,1H3. The highest BCUT2D eigenvalue weighted by Gasteiger charge is 2.06. The highest BCUT2D eigenvalue weighted by molar-refractivity contribution is 5.26. The predicted octanol–water partition coefficient (Wildman–Crippen LogP) is 0.948. The molecule has 6 heteroatoms. The molecular weight excluding hydrogens is 199 g/mol. The van der Waals surface area contributed by atoms with E-state index in [2.05, 4.69) is 15.2 Å². The molecule has 0 radical (unpaired) electrons. The molecule has 0 saturated heterocycles. The lowest BCUT2D eigenvalue weighted by molar-refractivity contribution is 0.181. The molecule has 0 bridgehead atoms. The zero-order valence-corrected chi connectivity index (χ0v) is 8.09. The van der Waals surface area contributed by atoms with Crippen molar-refractivity contribution in [2.75, 3.05) is 7.11 Å². The quantitative estimate of drug-likeness (QED) is 0.753. The van der Waals surface area contributed by atoms with Crippen molar-refractivity contribution >= 4 is 0 Å². The number of methoxy groups -OCH3 is 1. The fourth-order valence-corrected chi connectivity index (χ4v) is 1.18. The molecule has 0 aliphatic carbocycles. The number of halogens is 1. The van der Waals surface area contributed by atoms with Crippen LogP contribution in [0, 0.1) is 5.82 Å². The SMILES string of the molecule is COCc1cc(-n2nccn2)ncc1F. The van der Waals surface area contributed by atoms with Gasteiger partial charge in [0.2, 0.25) is 0 Å². The van der Waals surface area contributed by atoms with E-state index < -0.39 is 5.82 Å². The van der Waals surface area contributed by atoms with E-state index in [-0.39, 0.29) is 6.61 Å². The molecule has 0 aliphatic rings. The first-order chi connectivity index (χ1) is 7.31. The van der Waals surface area contributed by atoms with E-state index in [0.29, 0.717) is 11.4 Å². The van der Waals surface area contributed by atoms with Crippen LogP contribution in [-0.2, 0) is 11.3 Å². The summed E-state index contributed by atoms with van der Waals surface area (Å²) in [7, 11) is 1.51. The fourth-order valence-electron chi connectivity index (χ4n) is 1.18. The van der Waals surface area contributed by atoms with Crippen LogP contribution in [0.3, 0.4) is 0 Å². The lowest BCUT2D eigenvalue weighted by Gasteiger charge is -2.03. The minimum absolute atomic E-state index is 0.197. The topological polar surface area (TPSA) is 52.8 Å². The van der Waals surface area contributed by atoms with E-state index in [0.717, 1.165) is 6.20 Å². The molecule has 0 atom stereocenters. The van der Waals surface area contributed by atoms with Crippen molar-refractivity contribution in [3.63, 3.8) is 0 Å². The van der Waals surface area contributed by atoms with Crippen LogP contribution in [0.25, 0.3) is 5.82 Å². The number of rotatable bonds is 3. The summed E-state index contributed by atoms with van der Waals surface area (Å²) in [5.41, 5.74) is 0.430. The molecule has 78 valence electrons. The Morgan fingerprint density at radius 3 is 2.80 bits per heavy atom. The van der Waals surface area contributed by atoms with Crippen LogP contribution in [-0.4, -0.2) is 27.1 Å². The zero-order chi connectivity index (χ0) is 10.7. The molecule has 0 N–H and O–H groups in total. The molecular formula is C9H9FN4O. The maximum absolute atomic E-state index is 13.2. The second-order valence-electron chi connectivity index (χ2n) is 2.89. The molecule has 0 saturated carbocycles. The third kappa shape index (κ3) is 1.99. The first-order valence-electron chi connectivity index (χ1n) is 4.31. The van der Waals surface area contributed by atoms with Gasteiger partial charge in [-0.3, -0.25) is 0 Å². The van der Waals surface area contributed by atoms with Gasteiger partial charge in [-0.1, -0.05) is 0 Å². The lowest BCUT2D eigenvalue weighted by Crippen LogP contribution is -2.04. The van der Waals surface area contributed by atoms with Crippen molar-refractivity contribution in [2.45, 2.75) is 6.61 Å². The number of hydrogen-bond donors (Lipinski definition) is 0. The van der Waals surface area contributed by atoms with Crippen molar-refractivity contribution < 1.29 is 9.13 Å². The number of hydrogen-bond acceptors (Lipinski definition) is 4. The summed E-state index contributed by atoms with van der Waals surface area (Å²) in [6, 6.07) is 1.55. The van der Waals surface area contributed by atoms with Crippen LogP contribution in [0.15, 0.2) is 24.7 Å². The molecule has 2 heterocycles. The highest BCUT2D eigenvalue weighted by Crippen LogP contribution is 2.10. The molecule has 0 spiro atoms. The van der Waals surface area contributed by atoms with Crippen LogP contribution < -0.4 is 0 Å². The first-order valence-corrected chi connectivity index (χ1v) is 4.31. The van der Waals surface area contributed by atoms with Gasteiger partial charge in [-0.05, 0) is 6.07 Å². The molecule has 2 aromatic rings. The van der Waals surface area contributed by atoms with Crippen molar-refractivity contribution in [3.05, 3.63) is 36.0 Å². The summed E-state index contributed by atoms with van der Waals surface area (Å²) in [6.45, 7) is 0.197. The Morgan fingerprint density at radius 1 is 1.40 bits per heavy atom. The molecule has 0 amide bonds. The van der Waals surface area contributed by atoms with Crippen molar-refractivity contribution in [3.8, 4) is 5.82 Å². The smallest absolute Gasteiger partial charge is 0.174 e. The summed E-state index contributed by atoms with van der Waals surface area (Å²) in [4.78, 5) is 5.19. The van der Waals surface area contributed by atoms with Crippen molar-refractivity contribution in [1.29, 1.82) is 0 Å². The maximum Gasteiger partial charge on any atom is 0.174 e. The zero-order valence-electron chi connectivity index (χ0n) is 8.09. The number of nitrogens with zero attached hydrogens (tertiary/aromatic N) is 4. The predicted molar refractivity (Wildman–Crippen MR) is 49.8 cm³/mol. The Balaban J connectivity index is 2.38. The third-order valence-corrected chi connectivity index (χ3v) is 1.84. The molecule has 0 unspecified atom stereocenters. The molecule has 0 aromatic carbocycles. The van der Waals surface area contributed by atoms with Gasteiger partial charge in [0.15, 0.2) is 5.82 Å². The molecule has 15 heavy (non-hydrogen) atoms. The first kappa shape index (κ1) is 9.72. The van der Waals surface area contributed by atoms with Gasteiger partial charge in [0, 0.05) is 12.7 Å².